The zero-order valence-corrected chi connectivity index (χ0v) is 8.70. The number of hydrogen-bond donors (Lipinski definition) is 0. The molecular formula is C6H10Cl2O3S. The van der Waals surface area contributed by atoms with Crippen LogP contribution in [0, 0.1) is 5.92 Å². The molecule has 0 aromatic carbocycles. The molecule has 0 saturated carbocycles. The van der Waals surface area contributed by atoms with E-state index in [-0.39, 0.29) is 5.92 Å². The van der Waals surface area contributed by atoms with Crippen LogP contribution in [0.15, 0.2) is 0 Å². The number of rotatable bonds is 2. The van der Waals surface area contributed by atoms with Crippen LogP contribution in [-0.2, 0) is 13.8 Å². The third kappa shape index (κ3) is 2.76. The number of halogens is 2. The molecule has 0 amide bonds. The van der Waals surface area contributed by atoms with Crippen LogP contribution in [0.4, 0.5) is 0 Å². The van der Waals surface area contributed by atoms with Gasteiger partial charge in [-0.05, 0) is 12.8 Å². The highest BCUT2D eigenvalue weighted by molar-refractivity contribution is 8.15. The molecule has 72 valence electrons. The molecule has 1 aliphatic heterocycles. The Hall–Kier alpha value is 0.490. The first-order chi connectivity index (χ1) is 5.52. The fourth-order valence-corrected chi connectivity index (χ4v) is 2.51. The molecule has 1 aliphatic rings. The third-order valence-electron chi connectivity index (χ3n) is 1.84. The van der Waals surface area contributed by atoms with Crippen LogP contribution < -0.4 is 0 Å². The van der Waals surface area contributed by atoms with Crippen molar-refractivity contribution < 1.29 is 13.2 Å². The van der Waals surface area contributed by atoms with Gasteiger partial charge in [0.2, 0.25) is 9.05 Å². The van der Waals surface area contributed by atoms with E-state index in [0.29, 0.717) is 13.2 Å². The molecule has 1 rings (SSSR count). The molecule has 0 bridgehead atoms. The van der Waals surface area contributed by atoms with Crippen LogP contribution in [0.1, 0.15) is 12.8 Å². The van der Waals surface area contributed by atoms with Gasteiger partial charge in [0.1, 0.15) is 0 Å². The topological polar surface area (TPSA) is 43.4 Å². The van der Waals surface area contributed by atoms with Crippen molar-refractivity contribution >= 4 is 31.3 Å². The Morgan fingerprint density at radius 1 is 1.50 bits per heavy atom. The normalized spacial score (nSPS) is 28.3. The summed E-state index contributed by atoms with van der Waals surface area (Å²) in [6.07, 6.45) is 1.61. The molecule has 2 atom stereocenters. The van der Waals surface area contributed by atoms with Gasteiger partial charge in [-0.15, -0.1) is 11.6 Å². The van der Waals surface area contributed by atoms with Crippen LogP contribution >= 0.6 is 22.3 Å². The van der Waals surface area contributed by atoms with Crippen LogP contribution in [0.25, 0.3) is 0 Å². The lowest BCUT2D eigenvalue weighted by molar-refractivity contribution is 0.0596. The van der Waals surface area contributed by atoms with E-state index >= 15 is 0 Å². The molecule has 3 nitrogen and oxygen atoms in total. The molecule has 1 fully saturated rings. The van der Waals surface area contributed by atoms with Gasteiger partial charge >= 0.3 is 0 Å². The molecule has 12 heavy (non-hydrogen) atoms. The molecule has 0 N–H and O–H groups in total. The lowest BCUT2D eigenvalue weighted by Gasteiger charge is -2.24. The van der Waals surface area contributed by atoms with Crippen LogP contribution in [0.3, 0.4) is 0 Å². The second-order valence-corrected chi connectivity index (χ2v) is 6.28. The Balaban J connectivity index is 2.57. The second-order valence-electron chi connectivity index (χ2n) is 2.80. The highest BCUT2D eigenvalue weighted by atomic mass is 35.7. The van der Waals surface area contributed by atoms with Crippen molar-refractivity contribution in [2.24, 2.45) is 5.92 Å². The predicted octanol–water partition coefficient (Wildman–Crippen LogP) is 1.55. The first-order valence-electron chi connectivity index (χ1n) is 3.67. The third-order valence-corrected chi connectivity index (χ3v) is 4.67. The minimum absolute atomic E-state index is 0.164. The zero-order chi connectivity index (χ0) is 9.19. The standard InChI is InChI=1S/C6H10Cl2O3S/c7-6(12(8,9)10)5-2-1-3-11-4-5/h5-6H,1-4H2. The van der Waals surface area contributed by atoms with Gasteiger partial charge in [-0.1, -0.05) is 0 Å². The van der Waals surface area contributed by atoms with Crippen LogP contribution in [-0.4, -0.2) is 26.3 Å². The number of ether oxygens (including phenoxy) is 1. The average Bonchev–Trinajstić information content (AvgIpc) is 2.03. The van der Waals surface area contributed by atoms with E-state index in [0.717, 1.165) is 12.8 Å². The smallest absolute Gasteiger partial charge is 0.249 e. The largest absolute Gasteiger partial charge is 0.381 e. The Kier molecular flexibility index (Phi) is 3.64. The van der Waals surface area contributed by atoms with Gasteiger partial charge in [-0.25, -0.2) is 8.42 Å². The van der Waals surface area contributed by atoms with Gasteiger partial charge in [0.25, 0.3) is 0 Å². The first kappa shape index (κ1) is 10.6. The summed E-state index contributed by atoms with van der Waals surface area (Å²) < 4.78 is 25.7. The SMILES string of the molecule is O=S(=O)(Cl)C(Cl)C1CCCOC1. The molecule has 0 radical (unpaired) electrons. The van der Waals surface area contributed by atoms with Crippen molar-refractivity contribution in [2.75, 3.05) is 13.2 Å². The molecule has 1 heterocycles. The Labute approximate surface area is 81.4 Å². The highest BCUT2D eigenvalue weighted by Gasteiger charge is 2.31. The molecule has 0 aromatic heterocycles. The molecule has 0 aromatic rings. The summed E-state index contributed by atoms with van der Waals surface area (Å²) in [7, 11) is 1.46. The van der Waals surface area contributed by atoms with Crippen molar-refractivity contribution in [2.45, 2.75) is 17.6 Å². The van der Waals surface area contributed by atoms with E-state index in [1.165, 1.54) is 0 Å². The fourth-order valence-electron chi connectivity index (χ4n) is 1.20. The second kappa shape index (κ2) is 4.13. The summed E-state index contributed by atoms with van der Waals surface area (Å²) in [6.45, 7) is 1.07. The minimum atomic E-state index is -3.64. The Morgan fingerprint density at radius 3 is 2.58 bits per heavy atom. The van der Waals surface area contributed by atoms with E-state index in [1.807, 2.05) is 0 Å². The summed E-state index contributed by atoms with van der Waals surface area (Å²) in [4.78, 5) is 0. The van der Waals surface area contributed by atoms with Gasteiger partial charge in [0, 0.05) is 23.2 Å². The number of alkyl halides is 1. The average molecular weight is 233 g/mol. The zero-order valence-electron chi connectivity index (χ0n) is 6.37. The van der Waals surface area contributed by atoms with Gasteiger partial charge in [-0.3, -0.25) is 0 Å². The predicted molar refractivity (Wildman–Crippen MR) is 48.0 cm³/mol. The van der Waals surface area contributed by atoms with Gasteiger partial charge in [0.05, 0.1) is 6.61 Å². The summed E-state index contributed by atoms with van der Waals surface area (Å²) in [5.41, 5.74) is 0. The summed E-state index contributed by atoms with van der Waals surface area (Å²) >= 11 is 5.64. The van der Waals surface area contributed by atoms with Crippen molar-refractivity contribution in [1.29, 1.82) is 0 Å². The maximum absolute atomic E-state index is 10.8. The van der Waals surface area contributed by atoms with Crippen molar-refractivity contribution in [3.05, 3.63) is 0 Å². The van der Waals surface area contributed by atoms with E-state index in [2.05, 4.69) is 0 Å². The monoisotopic (exact) mass is 232 g/mol. The lowest BCUT2D eigenvalue weighted by Crippen LogP contribution is -2.29. The van der Waals surface area contributed by atoms with Crippen molar-refractivity contribution in [1.82, 2.24) is 0 Å². The van der Waals surface area contributed by atoms with E-state index in [4.69, 9.17) is 27.0 Å². The molecule has 0 spiro atoms. The Bertz CT molecular complexity index is 233. The molecule has 6 heteroatoms. The van der Waals surface area contributed by atoms with E-state index in [9.17, 15) is 8.42 Å². The van der Waals surface area contributed by atoms with Gasteiger partial charge in [-0.2, -0.15) is 0 Å². The van der Waals surface area contributed by atoms with Gasteiger partial charge in [0.15, 0.2) is 4.71 Å². The Morgan fingerprint density at radius 2 is 2.17 bits per heavy atom. The quantitative estimate of drug-likeness (QED) is 0.536. The molecular weight excluding hydrogens is 223 g/mol. The van der Waals surface area contributed by atoms with Gasteiger partial charge < -0.3 is 4.74 Å². The first-order valence-corrected chi connectivity index (χ1v) is 6.48. The van der Waals surface area contributed by atoms with Crippen LogP contribution in [0.5, 0.6) is 0 Å². The fraction of sp³-hybridized carbons (Fsp3) is 1.00. The number of hydrogen-bond acceptors (Lipinski definition) is 3. The maximum Gasteiger partial charge on any atom is 0.249 e. The summed E-state index contributed by atoms with van der Waals surface area (Å²) in [5, 5.41) is 0. The lowest BCUT2D eigenvalue weighted by atomic mass is 10.1. The molecule has 0 aliphatic carbocycles. The molecule has 2 unspecified atom stereocenters. The van der Waals surface area contributed by atoms with E-state index in [1.54, 1.807) is 0 Å². The summed E-state index contributed by atoms with van der Waals surface area (Å²) in [5.74, 6) is -0.164. The minimum Gasteiger partial charge on any atom is -0.381 e. The summed E-state index contributed by atoms with van der Waals surface area (Å²) in [6, 6.07) is 0. The van der Waals surface area contributed by atoms with E-state index < -0.39 is 13.8 Å². The maximum atomic E-state index is 10.8. The molecule has 1 saturated heterocycles. The van der Waals surface area contributed by atoms with Crippen LogP contribution in [0.2, 0.25) is 0 Å². The van der Waals surface area contributed by atoms with Crippen molar-refractivity contribution in [3.8, 4) is 0 Å². The van der Waals surface area contributed by atoms with Crippen molar-refractivity contribution in [3.63, 3.8) is 0 Å². The highest BCUT2D eigenvalue weighted by Crippen LogP contribution is 2.27.